The summed E-state index contributed by atoms with van der Waals surface area (Å²) in [6.07, 6.45) is -0.958. The minimum atomic E-state index is -3.90. The third-order valence-corrected chi connectivity index (χ3v) is 4.35. The SMILES string of the molecule is CN(C(=O)Oc1ccccc1)S(=O)(=O)c1ccccc1. The van der Waals surface area contributed by atoms with E-state index in [1.54, 1.807) is 48.5 Å². The van der Waals surface area contributed by atoms with Crippen molar-refractivity contribution in [3.8, 4) is 5.75 Å². The van der Waals surface area contributed by atoms with Crippen molar-refractivity contribution < 1.29 is 17.9 Å². The molecule has 0 heterocycles. The molecule has 104 valence electrons. The highest BCUT2D eigenvalue weighted by molar-refractivity contribution is 7.89. The van der Waals surface area contributed by atoms with Gasteiger partial charge in [-0.2, -0.15) is 0 Å². The molecular weight excluding hydrogens is 278 g/mol. The molecule has 0 aliphatic carbocycles. The van der Waals surface area contributed by atoms with Crippen LogP contribution in [0.4, 0.5) is 4.79 Å². The first-order valence-electron chi connectivity index (χ1n) is 5.82. The Labute approximate surface area is 117 Å². The summed E-state index contributed by atoms with van der Waals surface area (Å²) in [6, 6.07) is 16.0. The third kappa shape index (κ3) is 2.97. The Morgan fingerprint density at radius 2 is 1.45 bits per heavy atom. The Kier molecular flexibility index (Phi) is 4.05. The number of carbonyl (C=O) groups is 1. The summed E-state index contributed by atoms with van der Waals surface area (Å²) in [7, 11) is -2.74. The average molecular weight is 291 g/mol. The summed E-state index contributed by atoms with van der Waals surface area (Å²) in [4.78, 5) is 11.9. The second-order valence-corrected chi connectivity index (χ2v) is 5.94. The van der Waals surface area contributed by atoms with E-state index in [-0.39, 0.29) is 10.6 Å². The number of carbonyl (C=O) groups excluding carboxylic acids is 1. The van der Waals surface area contributed by atoms with Crippen molar-refractivity contribution >= 4 is 16.1 Å². The van der Waals surface area contributed by atoms with E-state index >= 15 is 0 Å². The van der Waals surface area contributed by atoms with Gasteiger partial charge in [0.05, 0.1) is 4.90 Å². The van der Waals surface area contributed by atoms with Gasteiger partial charge < -0.3 is 4.74 Å². The van der Waals surface area contributed by atoms with Gasteiger partial charge >= 0.3 is 6.09 Å². The lowest BCUT2D eigenvalue weighted by atomic mass is 10.3. The first kappa shape index (κ1) is 14.1. The molecule has 0 radical (unpaired) electrons. The van der Waals surface area contributed by atoms with Crippen molar-refractivity contribution in [3.05, 3.63) is 60.7 Å². The maximum atomic E-state index is 12.2. The lowest BCUT2D eigenvalue weighted by Crippen LogP contribution is -2.35. The fourth-order valence-corrected chi connectivity index (χ4v) is 2.55. The van der Waals surface area contributed by atoms with Crippen molar-refractivity contribution in [2.75, 3.05) is 7.05 Å². The van der Waals surface area contributed by atoms with E-state index < -0.39 is 16.1 Å². The summed E-state index contributed by atoms with van der Waals surface area (Å²) in [6.45, 7) is 0. The van der Waals surface area contributed by atoms with Crippen LogP contribution in [0.25, 0.3) is 0 Å². The highest BCUT2D eigenvalue weighted by atomic mass is 32.2. The molecule has 2 aromatic carbocycles. The Morgan fingerprint density at radius 1 is 0.950 bits per heavy atom. The number of ether oxygens (including phenoxy) is 1. The van der Waals surface area contributed by atoms with Crippen LogP contribution in [0.2, 0.25) is 0 Å². The molecule has 0 unspecified atom stereocenters. The molecule has 0 bridgehead atoms. The summed E-state index contributed by atoms with van der Waals surface area (Å²) in [5.74, 6) is 0.285. The number of amides is 1. The van der Waals surface area contributed by atoms with E-state index in [0.29, 0.717) is 4.31 Å². The predicted octanol–water partition coefficient (Wildman–Crippen LogP) is 2.51. The standard InChI is InChI=1S/C14H13NO4S/c1-15(14(16)19-12-8-4-2-5-9-12)20(17,18)13-10-6-3-7-11-13/h2-11H,1H3. The Hall–Kier alpha value is -2.34. The van der Waals surface area contributed by atoms with Gasteiger partial charge in [-0.3, -0.25) is 0 Å². The van der Waals surface area contributed by atoms with Gasteiger partial charge in [-0.1, -0.05) is 36.4 Å². The van der Waals surface area contributed by atoms with Crippen LogP contribution in [-0.4, -0.2) is 25.9 Å². The van der Waals surface area contributed by atoms with Crippen molar-refractivity contribution in [1.82, 2.24) is 4.31 Å². The third-order valence-electron chi connectivity index (χ3n) is 2.61. The monoisotopic (exact) mass is 291 g/mol. The van der Waals surface area contributed by atoms with E-state index in [1.165, 1.54) is 12.1 Å². The van der Waals surface area contributed by atoms with Crippen LogP contribution in [0.3, 0.4) is 0 Å². The van der Waals surface area contributed by atoms with Crippen LogP contribution in [-0.2, 0) is 10.0 Å². The van der Waals surface area contributed by atoms with E-state index in [2.05, 4.69) is 0 Å². The zero-order chi connectivity index (χ0) is 14.6. The fourth-order valence-electron chi connectivity index (χ4n) is 1.50. The number of hydrogen-bond donors (Lipinski definition) is 0. The van der Waals surface area contributed by atoms with E-state index in [0.717, 1.165) is 7.05 Å². The smallest absolute Gasteiger partial charge is 0.410 e. The molecule has 1 amide bonds. The highest BCUT2D eigenvalue weighted by Crippen LogP contribution is 2.16. The van der Waals surface area contributed by atoms with Crippen LogP contribution in [0, 0.1) is 0 Å². The quantitative estimate of drug-likeness (QED) is 0.871. The zero-order valence-electron chi connectivity index (χ0n) is 10.8. The maximum absolute atomic E-state index is 12.2. The number of rotatable bonds is 3. The summed E-state index contributed by atoms with van der Waals surface area (Å²) in [5, 5.41) is 0. The van der Waals surface area contributed by atoms with Crippen LogP contribution in [0.1, 0.15) is 0 Å². The highest BCUT2D eigenvalue weighted by Gasteiger charge is 2.26. The molecule has 2 aromatic rings. The molecule has 6 heteroatoms. The molecule has 0 saturated heterocycles. The minimum absolute atomic E-state index is 0.0347. The van der Waals surface area contributed by atoms with Gasteiger partial charge in [-0.15, -0.1) is 0 Å². The second-order valence-electron chi connectivity index (χ2n) is 3.97. The molecule has 2 rings (SSSR count). The number of hydrogen-bond acceptors (Lipinski definition) is 4. The Morgan fingerprint density at radius 3 is 2.00 bits per heavy atom. The minimum Gasteiger partial charge on any atom is -0.410 e. The topological polar surface area (TPSA) is 63.7 Å². The first-order chi connectivity index (χ1) is 9.51. The van der Waals surface area contributed by atoms with Gasteiger partial charge in [-0.05, 0) is 24.3 Å². The number of benzene rings is 2. The van der Waals surface area contributed by atoms with Gasteiger partial charge in [0.2, 0.25) is 0 Å². The lowest BCUT2D eigenvalue weighted by molar-refractivity contribution is 0.184. The van der Waals surface area contributed by atoms with Crippen LogP contribution in [0.15, 0.2) is 65.6 Å². The summed E-state index contributed by atoms with van der Waals surface area (Å²) < 4.78 is 29.9. The fraction of sp³-hybridized carbons (Fsp3) is 0.0714. The zero-order valence-corrected chi connectivity index (χ0v) is 11.6. The van der Waals surface area contributed by atoms with Gasteiger partial charge in [-0.25, -0.2) is 17.5 Å². The first-order valence-corrected chi connectivity index (χ1v) is 7.26. The Balaban J connectivity index is 2.19. The van der Waals surface area contributed by atoms with Gasteiger partial charge in [0.25, 0.3) is 10.0 Å². The Bertz CT molecular complexity index is 684. The maximum Gasteiger partial charge on any atom is 0.429 e. The van der Waals surface area contributed by atoms with Gasteiger partial charge in [0.1, 0.15) is 5.75 Å². The number of para-hydroxylation sites is 1. The number of sulfonamides is 1. The van der Waals surface area contributed by atoms with E-state index in [1.807, 2.05) is 0 Å². The molecule has 0 spiro atoms. The summed E-state index contributed by atoms with van der Waals surface area (Å²) >= 11 is 0. The normalized spacial score (nSPS) is 10.8. The predicted molar refractivity (Wildman–Crippen MR) is 73.9 cm³/mol. The van der Waals surface area contributed by atoms with Crippen molar-refractivity contribution in [2.24, 2.45) is 0 Å². The molecule has 0 fully saturated rings. The molecule has 0 atom stereocenters. The average Bonchev–Trinajstić information content (AvgIpc) is 2.48. The molecular formula is C14H13NO4S. The second kappa shape index (κ2) is 5.75. The lowest BCUT2D eigenvalue weighted by Gasteiger charge is -2.17. The largest absolute Gasteiger partial charge is 0.429 e. The van der Waals surface area contributed by atoms with E-state index in [4.69, 9.17) is 4.74 Å². The molecule has 0 N–H and O–H groups in total. The molecule has 5 nitrogen and oxygen atoms in total. The van der Waals surface area contributed by atoms with Crippen molar-refractivity contribution in [1.29, 1.82) is 0 Å². The molecule has 0 aromatic heterocycles. The van der Waals surface area contributed by atoms with Crippen molar-refractivity contribution in [2.45, 2.75) is 4.90 Å². The summed E-state index contributed by atoms with van der Waals surface area (Å²) in [5.41, 5.74) is 0. The number of nitrogens with zero attached hydrogens (tertiary/aromatic N) is 1. The molecule has 0 aliphatic heterocycles. The van der Waals surface area contributed by atoms with Crippen LogP contribution >= 0.6 is 0 Å². The molecule has 0 saturated carbocycles. The van der Waals surface area contributed by atoms with E-state index in [9.17, 15) is 13.2 Å². The molecule has 20 heavy (non-hydrogen) atoms. The van der Waals surface area contributed by atoms with Crippen molar-refractivity contribution in [3.63, 3.8) is 0 Å². The van der Waals surface area contributed by atoms with Crippen LogP contribution in [0.5, 0.6) is 5.75 Å². The van der Waals surface area contributed by atoms with Crippen LogP contribution < -0.4 is 4.74 Å². The van der Waals surface area contributed by atoms with Gasteiger partial charge in [0, 0.05) is 7.05 Å². The molecule has 0 aliphatic rings. The van der Waals surface area contributed by atoms with Gasteiger partial charge in [0.15, 0.2) is 0 Å².